The normalized spacial score (nSPS) is 14.2. The Kier molecular flexibility index (Phi) is 2.26. The number of aromatic nitrogens is 2. The van der Waals surface area contributed by atoms with Gasteiger partial charge in [-0.3, -0.25) is 4.40 Å². The van der Waals surface area contributed by atoms with Gasteiger partial charge < -0.3 is 5.11 Å². The molecule has 0 amide bonds. The Morgan fingerprint density at radius 2 is 2.35 bits per heavy atom. The van der Waals surface area contributed by atoms with Crippen LogP contribution in [0.1, 0.15) is 5.69 Å². The van der Waals surface area contributed by atoms with E-state index in [0.717, 1.165) is 27.3 Å². The Balaban J connectivity index is 2.10. The summed E-state index contributed by atoms with van der Waals surface area (Å²) in [5, 5.41) is 9.66. The molecule has 4 nitrogen and oxygen atoms in total. The lowest BCUT2D eigenvalue weighted by atomic mass is 10.3. The highest BCUT2D eigenvalue weighted by Crippen LogP contribution is 2.34. The quantitative estimate of drug-likeness (QED) is 0.824. The third kappa shape index (κ3) is 1.74. The lowest BCUT2D eigenvalue weighted by molar-refractivity contribution is -0.131. The molecule has 84 valence electrons. The van der Waals surface area contributed by atoms with Crippen molar-refractivity contribution in [2.45, 2.75) is 5.03 Å². The molecule has 2 aromatic heterocycles. The summed E-state index contributed by atoms with van der Waals surface area (Å²) in [6.07, 6.45) is 6.46. The smallest absolute Gasteiger partial charge is 0.328 e. The third-order valence-electron chi connectivity index (χ3n) is 2.42. The van der Waals surface area contributed by atoms with E-state index in [4.69, 9.17) is 5.11 Å². The molecule has 0 aliphatic carbocycles. The summed E-state index contributed by atoms with van der Waals surface area (Å²) in [6, 6.07) is 5.88. The molecule has 0 saturated carbocycles. The van der Waals surface area contributed by atoms with E-state index in [-0.39, 0.29) is 0 Å². The van der Waals surface area contributed by atoms with Crippen molar-refractivity contribution in [3.63, 3.8) is 0 Å². The largest absolute Gasteiger partial charge is 0.478 e. The second kappa shape index (κ2) is 3.78. The van der Waals surface area contributed by atoms with Gasteiger partial charge in [0.05, 0.1) is 16.9 Å². The van der Waals surface area contributed by atoms with Crippen LogP contribution in [0.15, 0.2) is 46.5 Å². The van der Waals surface area contributed by atoms with E-state index >= 15 is 0 Å². The molecule has 0 saturated heterocycles. The van der Waals surface area contributed by atoms with Gasteiger partial charge in [0.2, 0.25) is 0 Å². The maximum Gasteiger partial charge on any atom is 0.328 e. The summed E-state index contributed by atoms with van der Waals surface area (Å²) < 4.78 is 2.04. The van der Waals surface area contributed by atoms with Crippen LogP contribution in [0.4, 0.5) is 0 Å². The average Bonchev–Trinajstić information content (AvgIpc) is 2.72. The summed E-state index contributed by atoms with van der Waals surface area (Å²) in [5.74, 6) is -0.941. The zero-order chi connectivity index (χ0) is 11.8. The number of hydrogen-bond acceptors (Lipinski definition) is 3. The zero-order valence-electron chi connectivity index (χ0n) is 8.70. The summed E-state index contributed by atoms with van der Waals surface area (Å²) >= 11 is 1.53. The molecule has 0 spiro atoms. The van der Waals surface area contributed by atoms with Crippen molar-refractivity contribution >= 4 is 29.5 Å². The first kappa shape index (κ1) is 10.2. The summed E-state index contributed by atoms with van der Waals surface area (Å²) in [6.45, 7) is 0. The number of imidazole rings is 1. The van der Waals surface area contributed by atoms with Crippen molar-refractivity contribution in [2.75, 3.05) is 0 Å². The molecule has 1 aliphatic heterocycles. The molecule has 0 atom stereocenters. The molecular weight excluding hydrogens is 236 g/mol. The fourth-order valence-corrected chi connectivity index (χ4v) is 2.74. The Labute approximate surface area is 101 Å². The molecule has 1 N–H and O–H groups in total. The average molecular weight is 244 g/mol. The van der Waals surface area contributed by atoms with Gasteiger partial charge in [0.15, 0.2) is 0 Å². The van der Waals surface area contributed by atoms with E-state index in [1.807, 2.05) is 28.7 Å². The van der Waals surface area contributed by atoms with E-state index < -0.39 is 5.97 Å². The minimum atomic E-state index is -0.941. The summed E-state index contributed by atoms with van der Waals surface area (Å²) in [5.41, 5.74) is 1.88. The predicted octanol–water partition coefficient (Wildman–Crippen LogP) is 2.42. The fraction of sp³-hybridized carbons (Fsp3) is 0. The highest BCUT2D eigenvalue weighted by molar-refractivity contribution is 8.03. The molecule has 2 aromatic rings. The van der Waals surface area contributed by atoms with E-state index in [9.17, 15) is 4.79 Å². The van der Waals surface area contributed by atoms with Gasteiger partial charge in [-0.25, -0.2) is 9.78 Å². The highest BCUT2D eigenvalue weighted by Gasteiger charge is 2.13. The topological polar surface area (TPSA) is 54.6 Å². The number of carboxylic acid groups (broad SMARTS) is 1. The standard InChI is InChI=1S/C12H8N2O2S/c15-12(16)5-4-9-6-8-7-13-10-2-1-3-11(17-9)14(8)10/h1-7H,(H,15,16)/b5-4+. The summed E-state index contributed by atoms with van der Waals surface area (Å²) in [7, 11) is 0. The molecule has 3 rings (SSSR count). The second-order valence-electron chi connectivity index (χ2n) is 3.56. The van der Waals surface area contributed by atoms with Gasteiger partial charge >= 0.3 is 5.97 Å². The molecule has 5 heteroatoms. The van der Waals surface area contributed by atoms with Crippen molar-refractivity contribution in [2.24, 2.45) is 0 Å². The number of aliphatic carboxylic acids is 1. The van der Waals surface area contributed by atoms with Crippen LogP contribution in [0.5, 0.6) is 0 Å². The van der Waals surface area contributed by atoms with Gasteiger partial charge in [0.25, 0.3) is 0 Å². The van der Waals surface area contributed by atoms with E-state index in [2.05, 4.69) is 4.98 Å². The molecule has 1 aliphatic rings. The van der Waals surface area contributed by atoms with Crippen LogP contribution in [-0.2, 0) is 4.79 Å². The predicted molar refractivity (Wildman–Crippen MR) is 65.8 cm³/mol. The lowest BCUT2D eigenvalue weighted by Crippen LogP contribution is -1.97. The van der Waals surface area contributed by atoms with Crippen LogP contribution in [0.2, 0.25) is 0 Å². The van der Waals surface area contributed by atoms with Crippen LogP contribution < -0.4 is 0 Å². The van der Waals surface area contributed by atoms with Crippen LogP contribution >= 0.6 is 11.8 Å². The number of allylic oxidation sites excluding steroid dienone is 1. The van der Waals surface area contributed by atoms with Gasteiger partial charge in [-0.05, 0) is 24.3 Å². The molecule has 0 unspecified atom stereocenters. The van der Waals surface area contributed by atoms with Gasteiger partial charge in [-0.2, -0.15) is 0 Å². The number of rotatable bonds is 2. The van der Waals surface area contributed by atoms with Crippen LogP contribution in [0.3, 0.4) is 0 Å². The van der Waals surface area contributed by atoms with Crippen molar-refractivity contribution < 1.29 is 9.90 Å². The molecule has 0 aromatic carbocycles. The zero-order valence-corrected chi connectivity index (χ0v) is 9.52. The maximum atomic E-state index is 10.5. The van der Waals surface area contributed by atoms with Crippen molar-refractivity contribution in [3.8, 4) is 0 Å². The number of hydrogen-bond donors (Lipinski definition) is 1. The highest BCUT2D eigenvalue weighted by atomic mass is 32.2. The first-order valence-corrected chi connectivity index (χ1v) is 5.83. The van der Waals surface area contributed by atoms with Crippen molar-refractivity contribution in [1.82, 2.24) is 9.38 Å². The second-order valence-corrected chi connectivity index (χ2v) is 4.65. The first-order valence-electron chi connectivity index (χ1n) is 5.01. The van der Waals surface area contributed by atoms with E-state index in [0.29, 0.717) is 0 Å². The van der Waals surface area contributed by atoms with Crippen molar-refractivity contribution in [1.29, 1.82) is 0 Å². The van der Waals surface area contributed by atoms with Gasteiger partial charge in [-0.1, -0.05) is 17.8 Å². The van der Waals surface area contributed by atoms with Crippen LogP contribution in [0, 0.1) is 0 Å². The number of thioether (sulfide) groups is 1. The van der Waals surface area contributed by atoms with Gasteiger partial charge in [0, 0.05) is 11.0 Å². The number of nitrogens with zero attached hydrogens (tertiary/aromatic N) is 2. The van der Waals surface area contributed by atoms with Gasteiger partial charge in [-0.15, -0.1) is 0 Å². The first-order chi connectivity index (χ1) is 8.24. The molecular formula is C12H8N2O2S. The molecule has 0 fully saturated rings. The number of pyridine rings is 1. The third-order valence-corrected chi connectivity index (χ3v) is 3.44. The fourth-order valence-electron chi connectivity index (χ4n) is 1.74. The summed E-state index contributed by atoms with van der Waals surface area (Å²) in [4.78, 5) is 15.7. The minimum absolute atomic E-state index is 0.896. The SMILES string of the molecule is O=C(O)/C=C/C1=Cc2cnc3cccc(n23)S1. The van der Waals surface area contributed by atoms with Crippen molar-refractivity contribution in [3.05, 3.63) is 47.1 Å². The Morgan fingerprint density at radius 1 is 1.47 bits per heavy atom. The van der Waals surface area contributed by atoms with E-state index in [1.54, 1.807) is 12.3 Å². The molecule has 0 radical (unpaired) electrons. The molecule has 17 heavy (non-hydrogen) atoms. The monoisotopic (exact) mass is 244 g/mol. The Morgan fingerprint density at radius 3 is 3.18 bits per heavy atom. The van der Waals surface area contributed by atoms with Crippen LogP contribution in [-0.4, -0.2) is 20.5 Å². The van der Waals surface area contributed by atoms with Gasteiger partial charge in [0.1, 0.15) is 5.65 Å². The number of carbonyl (C=O) groups is 1. The minimum Gasteiger partial charge on any atom is -0.478 e. The van der Waals surface area contributed by atoms with Crippen LogP contribution in [0.25, 0.3) is 11.7 Å². The van der Waals surface area contributed by atoms with E-state index in [1.165, 1.54) is 11.8 Å². The Bertz CT molecular complexity index is 670. The molecule has 0 bridgehead atoms. The Hall–Kier alpha value is -2.01. The lowest BCUT2D eigenvalue weighted by Gasteiger charge is -2.12. The number of carboxylic acids is 1. The molecule has 3 heterocycles. The maximum absolute atomic E-state index is 10.5.